The molecular formula is C28H54O3Si2. The van der Waals surface area contributed by atoms with E-state index in [4.69, 9.17) is 8.85 Å². The van der Waals surface area contributed by atoms with E-state index in [1.165, 1.54) is 19.3 Å². The van der Waals surface area contributed by atoms with Gasteiger partial charge >= 0.3 is 0 Å². The lowest BCUT2D eigenvalue weighted by molar-refractivity contribution is -0.132. The molecule has 1 aliphatic carbocycles. The number of carbonyl (C=O) groups is 1. The summed E-state index contributed by atoms with van der Waals surface area (Å²) in [5.41, 5.74) is -0.741. The van der Waals surface area contributed by atoms with Crippen LogP contribution in [0.15, 0.2) is 24.8 Å². The Balaban J connectivity index is 3.41. The SMILES string of the molecule is C=CCC1(O[SiH](C)C)C(=O)CC(C(C)(C)C)C1C=C[C@H](CCCCC)O[Si](C)(C)C(C)(C)C. The van der Waals surface area contributed by atoms with Crippen LogP contribution in [0, 0.1) is 17.3 Å². The van der Waals surface area contributed by atoms with Crippen LogP contribution >= 0.6 is 0 Å². The van der Waals surface area contributed by atoms with Gasteiger partial charge in [0.2, 0.25) is 0 Å². The summed E-state index contributed by atoms with van der Waals surface area (Å²) in [7, 11) is -3.35. The first kappa shape index (κ1) is 30.5. The van der Waals surface area contributed by atoms with E-state index in [1.807, 2.05) is 6.08 Å². The van der Waals surface area contributed by atoms with Crippen molar-refractivity contribution < 1.29 is 13.6 Å². The summed E-state index contributed by atoms with van der Waals surface area (Å²) < 4.78 is 13.5. The lowest BCUT2D eigenvalue weighted by Crippen LogP contribution is -2.47. The molecule has 4 atom stereocenters. The van der Waals surface area contributed by atoms with Gasteiger partial charge in [0.25, 0.3) is 0 Å². The maximum Gasteiger partial charge on any atom is 0.192 e. The molecule has 192 valence electrons. The molecule has 0 heterocycles. The zero-order valence-corrected chi connectivity index (χ0v) is 25.9. The van der Waals surface area contributed by atoms with Crippen LogP contribution in [0.5, 0.6) is 0 Å². The summed E-state index contributed by atoms with van der Waals surface area (Å²) in [6.07, 6.45) is 12.4. The Labute approximate surface area is 208 Å². The molecule has 3 nitrogen and oxygen atoms in total. The molecule has 0 N–H and O–H groups in total. The zero-order chi connectivity index (χ0) is 25.7. The quantitative estimate of drug-likeness (QED) is 0.156. The summed E-state index contributed by atoms with van der Waals surface area (Å²) in [5, 5.41) is 0.167. The molecule has 1 saturated carbocycles. The highest BCUT2D eigenvalue weighted by molar-refractivity contribution is 6.74. The van der Waals surface area contributed by atoms with Crippen molar-refractivity contribution in [1.82, 2.24) is 0 Å². The average Bonchev–Trinajstić information content (AvgIpc) is 2.90. The highest BCUT2D eigenvalue weighted by atomic mass is 28.4. The van der Waals surface area contributed by atoms with E-state index < -0.39 is 23.0 Å². The van der Waals surface area contributed by atoms with Crippen molar-refractivity contribution in [3.05, 3.63) is 24.8 Å². The highest BCUT2D eigenvalue weighted by Gasteiger charge is 2.56. The Bertz CT molecular complexity index is 670. The largest absolute Gasteiger partial charge is 0.411 e. The fraction of sp³-hybridized carbons (Fsp3) is 0.821. The van der Waals surface area contributed by atoms with Gasteiger partial charge in [-0.3, -0.25) is 4.79 Å². The Morgan fingerprint density at radius 3 is 2.24 bits per heavy atom. The van der Waals surface area contributed by atoms with Gasteiger partial charge in [-0.1, -0.05) is 86.0 Å². The van der Waals surface area contributed by atoms with Crippen molar-refractivity contribution in [1.29, 1.82) is 0 Å². The van der Waals surface area contributed by atoms with Gasteiger partial charge in [-0.15, -0.1) is 6.58 Å². The van der Waals surface area contributed by atoms with Gasteiger partial charge in [-0.05, 0) is 49.0 Å². The standard InChI is InChI=1S/C28H54O3Si2/c1-13-15-16-17-22(30-33(11,12)27(6,7)8)18-19-23-24(26(3,4)5)21-25(29)28(23,20-14-2)31-32(9)10/h14,18-19,22-24,32H,2,13,15-17,20-21H2,1,3-12H3/t22-,23?,24?,28?/m0/s1. The molecule has 0 saturated heterocycles. The molecule has 0 radical (unpaired) electrons. The minimum atomic E-state index is -1.91. The van der Waals surface area contributed by atoms with Crippen molar-refractivity contribution in [3.8, 4) is 0 Å². The molecule has 1 aliphatic rings. The third kappa shape index (κ3) is 8.01. The van der Waals surface area contributed by atoms with Crippen LogP contribution in [0.4, 0.5) is 0 Å². The predicted octanol–water partition coefficient (Wildman–Crippen LogP) is 8.08. The van der Waals surface area contributed by atoms with Crippen LogP contribution in [0.3, 0.4) is 0 Å². The summed E-state index contributed by atoms with van der Waals surface area (Å²) in [6.45, 7) is 28.9. The second-order valence-corrected chi connectivity index (χ2v) is 20.1. The van der Waals surface area contributed by atoms with E-state index in [0.717, 1.165) is 6.42 Å². The molecule has 0 aliphatic heterocycles. The predicted molar refractivity (Wildman–Crippen MR) is 149 cm³/mol. The number of rotatable bonds is 12. The van der Waals surface area contributed by atoms with Crippen LogP contribution < -0.4 is 0 Å². The third-order valence-corrected chi connectivity index (χ3v) is 13.1. The molecule has 5 heteroatoms. The summed E-state index contributed by atoms with van der Waals surface area (Å²) >= 11 is 0. The molecule has 1 fully saturated rings. The van der Waals surface area contributed by atoms with Gasteiger partial charge in [0.1, 0.15) is 5.60 Å². The zero-order valence-electron chi connectivity index (χ0n) is 23.7. The molecule has 3 unspecified atom stereocenters. The Morgan fingerprint density at radius 2 is 1.79 bits per heavy atom. The van der Waals surface area contributed by atoms with Gasteiger partial charge < -0.3 is 8.85 Å². The molecule has 0 spiro atoms. The summed E-state index contributed by atoms with van der Waals surface area (Å²) in [4.78, 5) is 13.5. The van der Waals surface area contributed by atoms with Gasteiger partial charge in [0, 0.05) is 18.8 Å². The number of hydrogen-bond acceptors (Lipinski definition) is 3. The summed E-state index contributed by atoms with van der Waals surface area (Å²) in [5.74, 6) is 0.554. The van der Waals surface area contributed by atoms with Crippen LogP contribution in [0.1, 0.15) is 87.0 Å². The van der Waals surface area contributed by atoms with Crippen molar-refractivity contribution in [2.75, 3.05) is 0 Å². The van der Waals surface area contributed by atoms with Crippen molar-refractivity contribution >= 4 is 23.1 Å². The number of ketones is 1. The maximum absolute atomic E-state index is 13.5. The minimum Gasteiger partial charge on any atom is -0.411 e. The fourth-order valence-corrected chi connectivity index (χ4v) is 7.34. The van der Waals surface area contributed by atoms with Crippen molar-refractivity contribution in [2.45, 2.75) is 130 Å². The molecule has 1 rings (SSSR count). The maximum atomic E-state index is 13.5. The van der Waals surface area contributed by atoms with Crippen molar-refractivity contribution in [2.24, 2.45) is 17.3 Å². The van der Waals surface area contributed by atoms with Crippen LogP contribution in [-0.4, -0.2) is 34.8 Å². The van der Waals surface area contributed by atoms with Crippen molar-refractivity contribution in [3.63, 3.8) is 0 Å². The van der Waals surface area contributed by atoms with Crippen LogP contribution in [-0.2, 0) is 13.6 Å². The average molecular weight is 495 g/mol. The third-order valence-electron chi connectivity index (χ3n) is 7.73. The molecule has 0 amide bonds. The monoisotopic (exact) mass is 494 g/mol. The van der Waals surface area contributed by atoms with E-state index in [2.05, 4.69) is 93.4 Å². The number of Topliss-reactive ketones (excluding diaryl/α,β-unsaturated/α-hetero) is 1. The second kappa shape index (κ2) is 12.0. The summed E-state index contributed by atoms with van der Waals surface area (Å²) in [6, 6.07) is 0. The van der Waals surface area contributed by atoms with Crippen LogP contribution in [0.2, 0.25) is 31.2 Å². The first-order valence-corrected chi connectivity index (χ1v) is 18.9. The van der Waals surface area contributed by atoms with E-state index in [9.17, 15) is 4.79 Å². The molecular weight excluding hydrogens is 440 g/mol. The minimum absolute atomic E-state index is 0.0213. The lowest BCUT2D eigenvalue weighted by atomic mass is 9.71. The normalized spacial score (nSPS) is 25.9. The second-order valence-electron chi connectivity index (χ2n) is 13.0. The number of unbranched alkanes of at least 4 members (excludes halogenated alkanes) is 2. The molecule has 0 aromatic carbocycles. The fourth-order valence-electron chi connectivity index (χ4n) is 4.81. The highest BCUT2D eigenvalue weighted by Crippen LogP contribution is 2.51. The molecule has 33 heavy (non-hydrogen) atoms. The molecule has 0 aromatic rings. The Morgan fingerprint density at radius 1 is 1.18 bits per heavy atom. The Kier molecular flexibility index (Phi) is 11.1. The first-order chi connectivity index (χ1) is 15.0. The van der Waals surface area contributed by atoms with E-state index in [1.54, 1.807) is 0 Å². The van der Waals surface area contributed by atoms with Gasteiger partial charge in [0.15, 0.2) is 23.1 Å². The Hall–Kier alpha value is -0.496. The first-order valence-electron chi connectivity index (χ1n) is 13.2. The van der Waals surface area contributed by atoms with Gasteiger partial charge in [-0.25, -0.2) is 0 Å². The number of hydrogen-bond donors (Lipinski definition) is 0. The van der Waals surface area contributed by atoms with Gasteiger partial charge in [0.05, 0.1) is 6.10 Å². The molecule has 0 aromatic heterocycles. The number of carbonyl (C=O) groups excluding carboxylic acids is 1. The van der Waals surface area contributed by atoms with E-state index in [0.29, 0.717) is 12.8 Å². The molecule has 0 bridgehead atoms. The van der Waals surface area contributed by atoms with Gasteiger partial charge in [-0.2, -0.15) is 0 Å². The van der Waals surface area contributed by atoms with E-state index in [-0.39, 0.29) is 34.2 Å². The lowest BCUT2D eigenvalue weighted by Gasteiger charge is -2.40. The van der Waals surface area contributed by atoms with E-state index >= 15 is 0 Å². The topological polar surface area (TPSA) is 35.5 Å². The smallest absolute Gasteiger partial charge is 0.192 e. The van der Waals surface area contributed by atoms with Crippen LogP contribution in [0.25, 0.3) is 0 Å².